The minimum absolute atomic E-state index is 0.0872. The molecule has 2 nitrogen and oxygen atoms in total. The van der Waals surface area contributed by atoms with Crippen LogP contribution < -0.4 is 5.43 Å². The Bertz CT molecular complexity index is 912. The van der Waals surface area contributed by atoms with Crippen molar-refractivity contribution < 1.29 is 17.6 Å². The molecule has 0 bridgehead atoms. The molecule has 0 fully saturated rings. The third-order valence-electron chi connectivity index (χ3n) is 3.32. The Labute approximate surface area is 122 Å². The standard InChI is InChI=1S/C16H9F4NO/c17-12-7-9(16(18,19)20)5-6-10(12)14-8-15(22)11-3-1-2-4-13(11)21-14/h1-8H,(H,21,22). The van der Waals surface area contributed by atoms with Crippen LogP contribution in [-0.4, -0.2) is 4.98 Å². The van der Waals surface area contributed by atoms with Crippen molar-refractivity contribution in [2.45, 2.75) is 6.18 Å². The van der Waals surface area contributed by atoms with Crippen molar-refractivity contribution in [1.82, 2.24) is 4.98 Å². The van der Waals surface area contributed by atoms with E-state index in [0.717, 1.165) is 12.1 Å². The van der Waals surface area contributed by atoms with E-state index in [9.17, 15) is 22.4 Å². The van der Waals surface area contributed by atoms with E-state index < -0.39 is 17.6 Å². The zero-order chi connectivity index (χ0) is 15.9. The van der Waals surface area contributed by atoms with Gasteiger partial charge in [-0.3, -0.25) is 4.79 Å². The van der Waals surface area contributed by atoms with Crippen molar-refractivity contribution >= 4 is 10.9 Å². The Balaban J connectivity index is 2.18. The number of pyridine rings is 1. The van der Waals surface area contributed by atoms with E-state index in [4.69, 9.17) is 0 Å². The van der Waals surface area contributed by atoms with Crippen LogP contribution in [0.4, 0.5) is 17.6 Å². The van der Waals surface area contributed by atoms with Crippen LogP contribution in [0.15, 0.2) is 53.3 Å². The Hall–Kier alpha value is -2.63. The summed E-state index contributed by atoms with van der Waals surface area (Å²) in [5.74, 6) is -1.04. The van der Waals surface area contributed by atoms with Crippen LogP contribution in [-0.2, 0) is 6.18 Å². The molecule has 0 aliphatic carbocycles. The van der Waals surface area contributed by atoms with E-state index in [-0.39, 0.29) is 16.7 Å². The lowest BCUT2D eigenvalue weighted by molar-refractivity contribution is -0.137. The number of aromatic nitrogens is 1. The second kappa shape index (κ2) is 4.98. The maximum atomic E-state index is 14.0. The number of nitrogens with one attached hydrogen (secondary N) is 1. The van der Waals surface area contributed by atoms with E-state index in [1.54, 1.807) is 24.3 Å². The van der Waals surface area contributed by atoms with Gasteiger partial charge in [-0.15, -0.1) is 0 Å². The van der Waals surface area contributed by atoms with Crippen LogP contribution in [0.1, 0.15) is 5.56 Å². The van der Waals surface area contributed by atoms with E-state index in [1.165, 1.54) is 6.07 Å². The molecule has 2 aromatic carbocycles. The Kier molecular flexibility index (Phi) is 3.24. The summed E-state index contributed by atoms with van der Waals surface area (Å²) in [7, 11) is 0. The summed E-state index contributed by atoms with van der Waals surface area (Å²) in [6.45, 7) is 0. The van der Waals surface area contributed by atoms with Crippen LogP contribution in [0.3, 0.4) is 0 Å². The lowest BCUT2D eigenvalue weighted by atomic mass is 10.1. The minimum Gasteiger partial charge on any atom is -0.354 e. The molecule has 1 heterocycles. The largest absolute Gasteiger partial charge is 0.416 e. The molecule has 0 aliphatic rings. The molecule has 3 rings (SSSR count). The molecule has 0 amide bonds. The number of hydrogen-bond donors (Lipinski definition) is 1. The molecule has 112 valence electrons. The van der Waals surface area contributed by atoms with Crippen LogP contribution >= 0.6 is 0 Å². The zero-order valence-corrected chi connectivity index (χ0v) is 11.0. The second-order valence-corrected chi connectivity index (χ2v) is 4.79. The smallest absolute Gasteiger partial charge is 0.354 e. The van der Waals surface area contributed by atoms with Gasteiger partial charge in [0.15, 0.2) is 5.43 Å². The molecule has 0 aliphatic heterocycles. The second-order valence-electron chi connectivity index (χ2n) is 4.79. The summed E-state index contributed by atoms with van der Waals surface area (Å²) in [6, 6.07) is 10.0. The molecule has 0 unspecified atom stereocenters. The first-order valence-electron chi connectivity index (χ1n) is 6.35. The van der Waals surface area contributed by atoms with Gasteiger partial charge in [-0.05, 0) is 30.3 Å². The molecule has 0 spiro atoms. The van der Waals surface area contributed by atoms with Crippen LogP contribution in [0, 0.1) is 5.82 Å². The number of hydrogen-bond acceptors (Lipinski definition) is 1. The summed E-state index contributed by atoms with van der Waals surface area (Å²) in [5, 5.41) is 0.429. The maximum Gasteiger partial charge on any atom is 0.416 e. The first kappa shape index (κ1) is 14.3. The third kappa shape index (κ3) is 2.47. The minimum atomic E-state index is -4.61. The lowest BCUT2D eigenvalue weighted by Gasteiger charge is -2.10. The van der Waals surface area contributed by atoms with E-state index in [1.807, 2.05) is 0 Å². The van der Waals surface area contributed by atoms with Gasteiger partial charge in [-0.25, -0.2) is 4.39 Å². The first-order chi connectivity index (χ1) is 10.4. The van der Waals surface area contributed by atoms with Crippen molar-refractivity contribution in [3.05, 3.63) is 70.1 Å². The maximum absolute atomic E-state index is 14.0. The van der Waals surface area contributed by atoms with Crippen molar-refractivity contribution in [3.63, 3.8) is 0 Å². The lowest BCUT2D eigenvalue weighted by Crippen LogP contribution is -2.07. The van der Waals surface area contributed by atoms with Crippen molar-refractivity contribution in [2.75, 3.05) is 0 Å². The van der Waals surface area contributed by atoms with Gasteiger partial charge in [0.1, 0.15) is 5.82 Å². The van der Waals surface area contributed by atoms with Gasteiger partial charge < -0.3 is 4.98 Å². The zero-order valence-electron chi connectivity index (χ0n) is 11.0. The average molecular weight is 307 g/mol. The van der Waals surface area contributed by atoms with Crippen LogP contribution in [0.25, 0.3) is 22.2 Å². The molecule has 6 heteroatoms. The van der Waals surface area contributed by atoms with E-state index in [0.29, 0.717) is 17.0 Å². The SMILES string of the molecule is O=c1cc(-c2ccc(C(F)(F)F)cc2F)[nH]c2ccccc12. The fourth-order valence-electron chi connectivity index (χ4n) is 2.25. The molecule has 0 radical (unpaired) electrons. The summed E-state index contributed by atoms with van der Waals surface area (Å²) in [6.07, 6.45) is -4.61. The number of benzene rings is 2. The van der Waals surface area contributed by atoms with Crippen LogP contribution in [0.2, 0.25) is 0 Å². The van der Waals surface area contributed by atoms with Gasteiger partial charge in [0.05, 0.1) is 11.3 Å². The Morgan fingerprint density at radius 3 is 2.36 bits per heavy atom. The number of rotatable bonds is 1. The van der Waals surface area contributed by atoms with Gasteiger partial charge in [-0.1, -0.05) is 12.1 Å². The highest BCUT2D eigenvalue weighted by molar-refractivity contribution is 5.81. The van der Waals surface area contributed by atoms with Crippen LogP contribution in [0.5, 0.6) is 0 Å². The Morgan fingerprint density at radius 2 is 1.68 bits per heavy atom. The van der Waals surface area contributed by atoms with Gasteiger partial charge in [0.25, 0.3) is 0 Å². The molecule has 1 aromatic heterocycles. The number of aromatic amines is 1. The van der Waals surface area contributed by atoms with Gasteiger partial charge in [-0.2, -0.15) is 13.2 Å². The predicted octanol–water partition coefficient (Wildman–Crippen LogP) is 4.35. The summed E-state index contributed by atoms with van der Waals surface area (Å²) in [4.78, 5) is 14.8. The summed E-state index contributed by atoms with van der Waals surface area (Å²) >= 11 is 0. The average Bonchev–Trinajstić information content (AvgIpc) is 2.46. The molecule has 0 saturated carbocycles. The fraction of sp³-hybridized carbons (Fsp3) is 0.0625. The number of para-hydroxylation sites is 1. The molecule has 22 heavy (non-hydrogen) atoms. The molecular weight excluding hydrogens is 298 g/mol. The predicted molar refractivity (Wildman–Crippen MR) is 75.0 cm³/mol. The molecule has 0 atom stereocenters. The van der Waals surface area contributed by atoms with Gasteiger partial charge in [0.2, 0.25) is 0 Å². The van der Waals surface area contributed by atoms with Gasteiger partial charge >= 0.3 is 6.18 Å². The highest BCUT2D eigenvalue weighted by atomic mass is 19.4. The number of alkyl halides is 3. The number of halogens is 4. The monoisotopic (exact) mass is 307 g/mol. The molecule has 0 saturated heterocycles. The highest BCUT2D eigenvalue weighted by Gasteiger charge is 2.31. The number of fused-ring (bicyclic) bond motifs is 1. The highest BCUT2D eigenvalue weighted by Crippen LogP contribution is 2.32. The first-order valence-corrected chi connectivity index (χ1v) is 6.35. The normalized spacial score (nSPS) is 11.8. The summed E-state index contributed by atoms with van der Waals surface area (Å²) in [5.41, 5.74) is -0.865. The van der Waals surface area contributed by atoms with Crippen molar-refractivity contribution in [2.24, 2.45) is 0 Å². The number of H-pyrrole nitrogens is 1. The third-order valence-corrected chi connectivity index (χ3v) is 3.32. The van der Waals surface area contributed by atoms with Crippen molar-refractivity contribution in [3.8, 4) is 11.3 Å². The molecule has 3 aromatic rings. The van der Waals surface area contributed by atoms with Crippen molar-refractivity contribution in [1.29, 1.82) is 0 Å². The van der Waals surface area contributed by atoms with Gasteiger partial charge in [0, 0.05) is 22.5 Å². The quantitative estimate of drug-likeness (QED) is 0.666. The van der Waals surface area contributed by atoms with E-state index >= 15 is 0 Å². The fourth-order valence-corrected chi connectivity index (χ4v) is 2.25. The Morgan fingerprint density at radius 1 is 0.955 bits per heavy atom. The summed E-state index contributed by atoms with van der Waals surface area (Å²) < 4.78 is 51.6. The topological polar surface area (TPSA) is 32.9 Å². The van der Waals surface area contributed by atoms with E-state index in [2.05, 4.69) is 4.98 Å². The molecule has 1 N–H and O–H groups in total. The molecular formula is C16H9F4NO.